The Hall–Kier alpha value is -1.95. The topological polar surface area (TPSA) is 51.2 Å². The summed E-state index contributed by atoms with van der Waals surface area (Å²) in [5.41, 5.74) is 1.08. The fourth-order valence-corrected chi connectivity index (χ4v) is 5.15. The quantitative estimate of drug-likeness (QED) is 0.750. The van der Waals surface area contributed by atoms with E-state index in [1.807, 2.05) is 12.1 Å². The molecule has 6 heteroatoms. The second-order valence-corrected chi connectivity index (χ2v) is 8.26. The molecule has 1 saturated heterocycles. The third-order valence-corrected chi connectivity index (χ3v) is 6.81. The summed E-state index contributed by atoms with van der Waals surface area (Å²) in [5, 5.41) is 0. The molecule has 1 aliphatic heterocycles. The average Bonchev–Trinajstić information content (AvgIpc) is 3.47. The lowest BCUT2D eigenvalue weighted by Crippen LogP contribution is -2.49. The zero-order chi connectivity index (χ0) is 19.7. The zero-order valence-corrected chi connectivity index (χ0v) is 17.3. The minimum atomic E-state index is 0.333. The van der Waals surface area contributed by atoms with E-state index in [0.717, 1.165) is 44.0 Å². The number of carbonyl (C=O) groups is 1. The van der Waals surface area contributed by atoms with Gasteiger partial charge in [-0.05, 0) is 30.7 Å². The van der Waals surface area contributed by atoms with Crippen molar-refractivity contribution in [2.24, 2.45) is 17.8 Å². The molecule has 1 aromatic rings. The molecule has 2 atom stereocenters. The van der Waals surface area contributed by atoms with Gasteiger partial charge in [0.25, 0.3) is 0 Å². The fraction of sp³-hybridized carbons (Fsp3) is 0.682. The fourth-order valence-electron chi connectivity index (χ4n) is 5.15. The predicted octanol–water partition coefficient (Wildman–Crippen LogP) is 2.79. The Morgan fingerprint density at radius 3 is 2.04 bits per heavy atom. The van der Waals surface area contributed by atoms with E-state index in [9.17, 15) is 4.79 Å². The first-order chi connectivity index (χ1) is 13.7. The lowest BCUT2D eigenvalue weighted by atomic mass is 10.0. The van der Waals surface area contributed by atoms with E-state index in [0.29, 0.717) is 35.2 Å². The first-order valence-corrected chi connectivity index (χ1v) is 10.5. The maximum atomic E-state index is 12.9. The van der Waals surface area contributed by atoms with Crippen LogP contribution in [0.25, 0.3) is 0 Å². The smallest absolute Gasteiger partial charge is 0.226 e. The number of benzene rings is 1. The molecule has 4 rings (SSSR count). The number of methoxy groups -OCH3 is 3. The third-order valence-electron chi connectivity index (χ3n) is 6.81. The van der Waals surface area contributed by atoms with Crippen LogP contribution in [0.5, 0.6) is 17.2 Å². The highest BCUT2D eigenvalue weighted by atomic mass is 16.5. The summed E-state index contributed by atoms with van der Waals surface area (Å²) < 4.78 is 16.4. The molecule has 2 saturated carbocycles. The Balaban J connectivity index is 1.35. The van der Waals surface area contributed by atoms with Gasteiger partial charge in [0.05, 0.1) is 21.3 Å². The molecule has 1 heterocycles. The van der Waals surface area contributed by atoms with E-state index in [4.69, 9.17) is 14.2 Å². The van der Waals surface area contributed by atoms with Crippen molar-refractivity contribution in [2.75, 3.05) is 47.5 Å². The Bertz CT molecular complexity index is 703. The molecule has 0 radical (unpaired) electrons. The summed E-state index contributed by atoms with van der Waals surface area (Å²) in [4.78, 5) is 17.4. The van der Waals surface area contributed by atoms with Gasteiger partial charge in [-0.3, -0.25) is 9.69 Å². The molecule has 0 spiro atoms. The number of amides is 1. The van der Waals surface area contributed by atoms with Crippen molar-refractivity contribution in [3.63, 3.8) is 0 Å². The van der Waals surface area contributed by atoms with E-state index in [1.165, 1.54) is 25.7 Å². The number of piperazine rings is 1. The van der Waals surface area contributed by atoms with Gasteiger partial charge in [0.1, 0.15) is 5.75 Å². The van der Waals surface area contributed by atoms with Crippen LogP contribution < -0.4 is 14.2 Å². The SMILES string of the molecule is COc1cc(OC)c(OC)cc1CN1CCN(C(=O)C2C3CCCCC32)CC1. The molecule has 0 N–H and O–H groups in total. The molecule has 0 aromatic heterocycles. The third kappa shape index (κ3) is 3.66. The Kier molecular flexibility index (Phi) is 5.67. The van der Waals surface area contributed by atoms with Crippen LogP contribution in [0.1, 0.15) is 31.2 Å². The predicted molar refractivity (Wildman–Crippen MR) is 107 cm³/mol. The van der Waals surface area contributed by atoms with E-state index < -0.39 is 0 Å². The Morgan fingerprint density at radius 2 is 1.46 bits per heavy atom. The molecule has 154 valence electrons. The van der Waals surface area contributed by atoms with E-state index in [2.05, 4.69) is 9.80 Å². The van der Waals surface area contributed by atoms with Crippen LogP contribution in [0.2, 0.25) is 0 Å². The standard InChI is InChI=1S/C22H32N2O4/c1-26-18-13-20(28-3)19(27-2)12-15(18)14-23-8-10-24(11-9-23)22(25)21-16-6-4-5-7-17(16)21/h12-13,16-17,21H,4-11,14H2,1-3H3. The lowest BCUT2D eigenvalue weighted by Gasteiger charge is -2.35. The number of carbonyl (C=O) groups excluding carboxylic acids is 1. The molecule has 1 aromatic carbocycles. The van der Waals surface area contributed by atoms with Gasteiger partial charge in [-0.15, -0.1) is 0 Å². The molecule has 1 amide bonds. The van der Waals surface area contributed by atoms with Gasteiger partial charge in [-0.1, -0.05) is 12.8 Å². The Morgan fingerprint density at radius 1 is 0.893 bits per heavy atom. The normalized spacial score (nSPS) is 27.1. The van der Waals surface area contributed by atoms with E-state index in [-0.39, 0.29) is 0 Å². The van der Waals surface area contributed by atoms with Crippen LogP contribution in [0.4, 0.5) is 0 Å². The van der Waals surface area contributed by atoms with Crippen LogP contribution in [-0.4, -0.2) is 63.2 Å². The van der Waals surface area contributed by atoms with Crippen molar-refractivity contribution >= 4 is 5.91 Å². The molecule has 6 nitrogen and oxygen atoms in total. The summed E-state index contributed by atoms with van der Waals surface area (Å²) in [6, 6.07) is 3.87. The van der Waals surface area contributed by atoms with Crippen LogP contribution in [-0.2, 0) is 11.3 Å². The Labute approximate surface area is 167 Å². The number of hydrogen-bond acceptors (Lipinski definition) is 5. The molecular formula is C22H32N2O4. The summed E-state index contributed by atoms with van der Waals surface area (Å²) in [6.45, 7) is 4.21. The number of nitrogens with zero attached hydrogens (tertiary/aromatic N) is 2. The van der Waals surface area contributed by atoms with Crippen molar-refractivity contribution in [1.29, 1.82) is 0 Å². The summed E-state index contributed by atoms with van der Waals surface area (Å²) in [5.74, 6) is 4.32. The van der Waals surface area contributed by atoms with Gasteiger partial charge in [-0.2, -0.15) is 0 Å². The molecular weight excluding hydrogens is 356 g/mol. The van der Waals surface area contributed by atoms with Gasteiger partial charge in [0.15, 0.2) is 11.5 Å². The van der Waals surface area contributed by atoms with Gasteiger partial charge in [-0.25, -0.2) is 0 Å². The van der Waals surface area contributed by atoms with Crippen molar-refractivity contribution < 1.29 is 19.0 Å². The van der Waals surface area contributed by atoms with Gasteiger partial charge in [0, 0.05) is 50.3 Å². The van der Waals surface area contributed by atoms with Crippen molar-refractivity contribution in [2.45, 2.75) is 32.2 Å². The maximum absolute atomic E-state index is 12.9. The zero-order valence-electron chi connectivity index (χ0n) is 17.3. The van der Waals surface area contributed by atoms with Crippen molar-refractivity contribution in [3.05, 3.63) is 17.7 Å². The summed E-state index contributed by atoms with van der Waals surface area (Å²) >= 11 is 0. The van der Waals surface area contributed by atoms with Crippen LogP contribution in [0.3, 0.4) is 0 Å². The first-order valence-electron chi connectivity index (χ1n) is 10.5. The number of fused-ring (bicyclic) bond motifs is 1. The van der Waals surface area contributed by atoms with Crippen molar-refractivity contribution in [1.82, 2.24) is 9.80 Å². The summed E-state index contributed by atoms with van der Waals surface area (Å²) in [6.07, 6.45) is 5.15. The highest BCUT2D eigenvalue weighted by Gasteiger charge is 2.55. The number of ether oxygens (including phenoxy) is 3. The maximum Gasteiger partial charge on any atom is 0.226 e. The second-order valence-electron chi connectivity index (χ2n) is 8.26. The number of hydrogen-bond donors (Lipinski definition) is 0. The minimum absolute atomic E-state index is 0.333. The monoisotopic (exact) mass is 388 g/mol. The largest absolute Gasteiger partial charge is 0.496 e. The van der Waals surface area contributed by atoms with Crippen molar-refractivity contribution in [3.8, 4) is 17.2 Å². The van der Waals surface area contributed by atoms with Gasteiger partial charge in [0.2, 0.25) is 5.91 Å². The number of rotatable bonds is 6. The first kappa shape index (κ1) is 19.4. The highest BCUT2D eigenvalue weighted by molar-refractivity contribution is 5.82. The van der Waals surface area contributed by atoms with E-state index in [1.54, 1.807) is 21.3 Å². The molecule has 2 unspecified atom stereocenters. The molecule has 0 bridgehead atoms. The van der Waals surface area contributed by atoms with Crippen LogP contribution >= 0.6 is 0 Å². The second kappa shape index (κ2) is 8.19. The minimum Gasteiger partial charge on any atom is -0.496 e. The molecule has 2 aliphatic carbocycles. The van der Waals surface area contributed by atoms with Crippen LogP contribution in [0, 0.1) is 17.8 Å². The summed E-state index contributed by atoms with van der Waals surface area (Å²) in [7, 11) is 4.95. The lowest BCUT2D eigenvalue weighted by molar-refractivity contribution is -0.135. The molecule has 28 heavy (non-hydrogen) atoms. The molecule has 3 aliphatic rings. The van der Waals surface area contributed by atoms with Gasteiger partial charge < -0.3 is 19.1 Å². The van der Waals surface area contributed by atoms with Crippen LogP contribution in [0.15, 0.2) is 12.1 Å². The molecule has 3 fully saturated rings. The average molecular weight is 389 g/mol. The van der Waals surface area contributed by atoms with E-state index >= 15 is 0 Å². The van der Waals surface area contributed by atoms with Gasteiger partial charge >= 0.3 is 0 Å². The highest BCUT2D eigenvalue weighted by Crippen LogP contribution is 2.56.